The molecule has 1 aliphatic carbocycles. The van der Waals surface area contributed by atoms with Crippen molar-refractivity contribution in [2.45, 2.75) is 18.9 Å². The van der Waals surface area contributed by atoms with Crippen LogP contribution in [-0.2, 0) is 4.84 Å². The molecule has 0 aliphatic heterocycles. The maximum Gasteiger partial charge on any atom is 0.118 e. The molecule has 0 spiro atoms. The molecule has 3 heteroatoms. The molecule has 1 N–H and O–H groups in total. The number of hydroxylamine groups is 1. The number of rotatable bonds is 5. The van der Waals surface area contributed by atoms with Crippen molar-refractivity contribution in [3.05, 3.63) is 29.8 Å². The van der Waals surface area contributed by atoms with Gasteiger partial charge in [0.2, 0.25) is 0 Å². The van der Waals surface area contributed by atoms with Crippen molar-refractivity contribution in [3.63, 3.8) is 0 Å². The zero-order valence-electron chi connectivity index (χ0n) is 9.19. The van der Waals surface area contributed by atoms with Crippen LogP contribution in [0.5, 0.6) is 5.75 Å². The summed E-state index contributed by atoms with van der Waals surface area (Å²) in [7, 11) is 3.35. The van der Waals surface area contributed by atoms with Crippen molar-refractivity contribution < 1.29 is 9.57 Å². The largest absolute Gasteiger partial charge is 0.497 e. The molecule has 0 aromatic heterocycles. The lowest BCUT2D eigenvalue weighted by Gasteiger charge is -2.17. The van der Waals surface area contributed by atoms with Gasteiger partial charge in [0.1, 0.15) is 5.75 Å². The Bertz CT molecular complexity index is 306. The Balaban J connectivity index is 2.10. The van der Waals surface area contributed by atoms with Crippen molar-refractivity contribution in [2.24, 2.45) is 5.92 Å². The summed E-state index contributed by atoms with van der Waals surface area (Å²) < 4.78 is 5.13. The Kier molecular flexibility index (Phi) is 3.23. The lowest BCUT2D eigenvalue weighted by atomic mass is 10.0. The van der Waals surface area contributed by atoms with Crippen LogP contribution in [0.4, 0.5) is 0 Å². The number of benzene rings is 1. The van der Waals surface area contributed by atoms with E-state index in [1.807, 2.05) is 12.1 Å². The Labute approximate surface area is 90.3 Å². The van der Waals surface area contributed by atoms with Crippen LogP contribution < -0.4 is 10.2 Å². The van der Waals surface area contributed by atoms with Crippen molar-refractivity contribution in [3.8, 4) is 5.75 Å². The second-order valence-corrected chi connectivity index (χ2v) is 3.91. The molecule has 1 atom stereocenters. The minimum absolute atomic E-state index is 0.320. The van der Waals surface area contributed by atoms with Crippen LogP contribution in [-0.4, -0.2) is 14.2 Å². The molecule has 0 amide bonds. The number of methoxy groups -OCH3 is 1. The SMILES string of the molecule is CONC(c1ccc(OC)cc1)C1CC1. The van der Waals surface area contributed by atoms with Crippen LogP contribution in [0.3, 0.4) is 0 Å². The van der Waals surface area contributed by atoms with Gasteiger partial charge in [-0.05, 0) is 36.5 Å². The second-order valence-electron chi connectivity index (χ2n) is 3.91. The molecule has 1 aromatic rings. The Morgan fingerprint density at radius 1 is 1.20 bits per heavy atom. The summed E-state index contributed by atoms with van der Waals surface area (Å²) in [5, 5.41) is 0. The van der Waals surface area contributed by atoms with Crippen LogP contribution in [0.15, 0.2) is 24.3 Å². The molecule has 15 heavy (non-hydrogen) atoms. The maximum absolute atomic E-state index is 5.13. The third-order valence-corrected chi connectivity index (χ3v) is 2.81. The molecule has 1 aromatic carbocycles. The number of hydrogen-bond donors (Lipinski definition) is 1. The fraction of sp³-hybridized carbons (Fsp3) is 0.500. The van der Waals surface area contributed by atoms with E-state index in [0.717, 1.165) is 11.7 Å². The number of nitrogens with one attached hydrogen (secondary N) is 1. The molecule has 0 bridgehead atoms. The standard InChI is InChI=1S/C12H17NO2/c1-14-11-7-5-10(6-8-11)12(13-15-2)9-3-4-9/h5-9,12-13H,3-4H2,1-2H3. The van der Waals surface area contributed by atoms with Gasteiger partial charge in [-0.1, -0.05) is 12.1 Å². The molecular formula is C12H17NO2. The Morgan fingerprint density at radius 2 is 1.87 bits per heavy atom. The van der Waals surface area contributed by atoms with Gasteiger partial charge in [-0.3, -0.25) is 0 Å². The highest BCUT2D eigenvalue weighted by Gasteiger charge is 2.32. The molecule has 2 rings (SSSR count). The minimum atomic E-state index is 0.320. The fourth-order valence-corrected chi connectivity index (χ4v) is 1.80. The molecule has 0 heterocycles. The van der Waals surface area contributed by atoms with Crippen molar-refractivity contribution in [2.75, 3.05) is 14.2 Å². The summed E-state index contributed by atoms with van der Waals surface area (Å²) in [6.45, 7) is 0. The van der Waals surface area contributed by atoms with Gasteiger partial charge in [0.15, 0.2) is 0 Å². The van der Waals surface area contributed by atoms with E-state index in [0.29, 0.717) is 6.04 Å². The first-order valence-electron chi connectivity index (χ1n) is 5.27. The number of ether oxygens (including phenoxy) is 1. The topological polar surface area (TPSA) is 30.5 Å². The molecule has 1 unspecified atom stereocenters. The first-order valence-corrected chi connectivity index (χ1v) is 5.27. The Hall–Kier alpha value is -1.06. The zero-order valence-corrected chi connectivity index (χ0v) is 9.19. The summed E-state index contributed by atoms with van der Waals surface area (Å²) >= 11 is 0. The van der Waals surface area contributed by atoms with Gasteiger partial charge in [0.25, 0.3) is 0 Å². The smallest absolute Gasteiger partial charge is 0.118 e. The monoisotopic (exact) mass is 207 g/mol. The lowest BCUT2D eigenvalue weighted by molar-refractivity contribution is 0.0536. The molecule has 0 radical (unpaired) electrons. The van der Waals surface area contributed by atoms with Crippen molar-refractivity contribution in [1.29, 1.82) is 0 Å². The average Bonchev–Trinajstić information content (AvgIpc) is 3.10. The molecular weight excluding hydrogens is 190 g/mol. The average molecular weight is 207 g/mol. The molecule has 1 saturated carbocycles. The van der Waals surface area contributed by atoms with Gasteiger partial charge in [0, 0.05) is 0 Å². The number of hydrogen-bond acceptors (Lipinski definition) is 3. The van der Waals surface area contributed by atoms with E-state index in [4.69, 9.17) is 9.57 Å². The summed E-state index contributed by atoms with van der Waals surface area (Å²) in [6, 6.07) is 8.48. The van der Waals surface area contributed by atoms with Crippen LogP contribution in [0.2, 0.25) is 0 Å². The lowest BCUT2D eigenvalue weighted by Crippen LogP contribution is -2.21. The zero-order chi connectivity index (χ0) is 10.7. The summed E-state index contributed by atoms with van der Waals surface area (Å²) in [5.41, 5.74) is 4.32. The van der Waals surface area contributed by atoms with E-state index >= 15 is 0 Å². The van der Waals surface area contributed by atoms with Gasteiger partial charge >= 0.3 is 0 Å². The van der Waals surface area contributed by atoms with Crippen LogP contribution >= 0.6 is 0 Å². The highest BCUT2D eigenvalue weighted by atomic mass is 16.6. The summed E-state index contributed by atoms with van der Waals surface area (Å²) in [5.74, 6) is 1.61. The molecule has 1 fully saturated rings. The fourth-order valence-electron chi connectivity index (χ4n) is 1.80. The predicted octanol–water partition coefficient (Wildman–Crippen LogP) is 2.30. The van der Waals surface area contributed by atoms with Crippen molar-refractivity contribution >= 4 is 0 Å². The highest BCUT2D eigenvalue weighted by Crippen LogP contribution is 2.41. The van der Waals surface area contributed by atoms with Gasteiger partial charge in [0.05, 0.1) is 20.3 Å². The second kappa shape index (κ2) is 4.64. The van der Waals surface area contributed by atoms with Crippen LogP contribution in [0.1, 0.15) is 24.4 Å². The summed E-state index contributed by atoms with van der Waals surface area (Å²) in [6.07, 6.45) is 2.57. The molecule has 82 valence electrons. The minimum Gasteiger partial charge on any atom is -0.497 e. The molecule has 0 saturated heterocycles. The third-order valence-electron chi connectivity index (χ3n) is 2.81. The first kappa shape index (κ1) is 10.5. The van der Waals surface area contributed by atoms with Gasteiger partial charge < -0.3 is 9.57 Å². The maximum atomic E-state index is 5.13. The van der Waals surface area contributed by atoms with E-state index in [9.17, 15) is 0 Å². The van der Waals surface area contributed by atoms with Gasteiger partial charge in [-0.2, -0.15) is 5.48 Å². The molecule has 3 nitrogen and oxygen atoms in total. The van der Waals surface area contributed by atoms with E-state index in [1.165, 1.54) is 18.4 Å². The van der Waals surface area contributed by atoms with Crippen LogP contribution in [0, 0.1) is 5.92 Å². The predicted molar refractivity (Wildman–Crippen MR) is 58.6 cm³/mol. The first-order chi connectivity index (χ1) is 7.35. The van der Waals surface area contributed by atoms with E-state index in [-0.39, 0.29) is 0 Å². The highest BCUT2D eigenvalue weighted by molar-refractivity contribution is 5.29. The van der Waals surface area contributed by atoms with Crippen molar-refractivity contribution in [1.82, 2.24) is 5.48 Å². The van der Waals surface area contributed by atoms with Gasteiger partial charge in [-0.25, -0.2) is 0 Å². The van der Waals surface area contributed by atoms with Gasteiger partial charge in [-0.15, -0.1) is 0 Å². The quantitative estimate of drug-likeness (QED) is 0.751. The molecule has 1 aliphatic rings. The normalized spacial score (nSPS) is 17.5. The van der Waals surface area contributed by atoms with E-state index in [2.05, 4.69) is 17.6 Å². The third kappa shape index (κ3) is 2.49. The summed E-state index contributed by atoms with van der Waals surface area (Å²) in [4.78, 5) is 5.04. The van der Waals surface area contributed by atoms with Crippen LogP contribution in [0.25, 0.3) is 0 Å². The van der Waals surface area contributed by atoms with E-state index in [1.54, 1.807) is 14.2 Å². The Morgan fingerprint density at radius 3 is 2.33 bits per heavy atom. The van der Waals surface area contributed by atoms with E-state index < -0.39 is 0 Å².